The summed E-state index contributed by atoms with van der Waals surface area (Å²) in [6, 6.07) is 24.3. The van der Waals surface area contributed by atoms with E-state index in [1.807, 2.05) is 0 Å². The van der Waals surface area contributed by atoms with E-state index < -0.39 is 0 Å². The maximum Gasteiger partial charge on any atom is 0.213 e. The molecule has 0 spiro atoms. The number of rotatable bonds is 1. The van der Waals surface area contributed by atoms with E-state index in [2.05, 4.69) is 84.4 Å². The van der Waals surface area contributed by atoms with E-state index in [0.717, 1.165) is 0 Å². The predicted molar refractivity (Wildman–Crippen MR) is 80.5 cm³/mol. The number of hydrogen-bond donors (Lipinski definition) is 0. The van der Waals surface area contributed by atoms with Crippen molar-refractivity contribution in [2.24, 2.45) is 0 Å². The lowest BCUT2D eigenvalue weighted by Crippen LogP contribution is -3.00. The van der Waals surface area contributed by atoms with Gasteiger partial charge in [-0.3, -0.25) is 0 Å². The third kappa shape index (κ3) is 2.14. The first kappa shape index (κ1) is 13.8. The summed E-state index contributed by atoms with van der Waals surface area (Å²) in [5.74, 6) is 0. The van der Waals surface area contributed by atoms with Crippen LogP contribution in [0.2, 0.25) is 0 Å². The van der Waals surface area contributed by atoms with Crippen LogP contribution >= 0.6 is 0 Å². The van der Waals surface area contributed by atoms with E-state index >= 15 is 0 Å². The zero-order valence-electron chi connectivity index (χ0n) is 11.8. The smallest absolute Gasteiger partial charge is 0.213 e. The third-order valence-electron chi connectivity index (χ3n) is 4.09. The lowest BCUT2D eigenvalue weighted by molar-refractivity contribution is -0.688. The van der Waals surface area contributed by atoms with Gasteiger partial charge < -0.3 is 12.4 Å². The van der Waals surface area contributed by atoms with Gasteiger partial charge in [0.05, 0.1) is 5.56 Å². The second-order valence-electron chi connectivity index (χ2n) is 5.39. The van der Waals surface area contributed by atoms with Crippen LogP contribution in [0.1, 0.15) is 22.7 Å². The Hall–Kier alpha value is -2.12. The topological polar surface area (TPSA) is 3.88 Å². The number of hydrogen-bond acceptors (Lipinski definition) is 0. The molecule has 4 rings (SSSR count). The normalized spacial score (nSPS) is 15.0. The molecule has 0 radical (unpaired) electrons. The fourth-order valence-corrected chi connectivity index (χ4v) is 3.12. The summed E-state index contributed by atoms with van der Waals surface area (Å²) in [4.78, 5) is 0. The minimum absolute atomic E-state index is 0. The molecule has 3 aromatic rings. The van der Waals surface area contributed by atoms with Gasteiger partial charge in [0.15, 0.2) is 6.20 Å². The molecular weight excluding hydrogens is 278 g/mol. The van der Waals surface area contributed by atoms with Gasteiger partial charge in [-0.25, -0.2) is 0 Å². The summed E-state index contributed by atoms with van der Waals surface area (Å²) >= 11 is 0. The third-order valence-corrected chi connectivity index (χ3v) is 4.09. The molecule has 1 unspecified atom stereocenters. The van der Waals surface area contributed by atoms with Crippen molar-refractivity contribution in [3.8, 4) is 11.3 Å². The number of halogens is 1. The van der Waals surface area contributed by atoms with Gasteiger partial charge in [-0.15, -0.1) is 0 Å². The summed E-state index contributed by atoms with van der Waals surface area (Å²) in [5.41, 5.74) is 6.69. The molecule has 0 bridgehead atoms. The monoisotopic (exact) mass is 293 g/mol. The van der Waals surface area contributed by atoms with E-state index in [1.54, 1.807) is 0 Å². The number of aromatic nitrogens is 1. The van der Waals surface area contributed by atoms with E-state index in [4.69, 9.17) is 0 Å². The van der Waals surface area contributed by atoms with Crippen molar-refractivity contribution in [1.82, 2.24) is 0 Å². The van der Waals surface area contributed by atoms with Gasteiger partial charge in [-0.05, 0) is 19.1 Å². The molecule has 0 saturated heterocycles. The molecular formula is C19H16ClN. The van der Waals surface area contributed by atoms with Gasteiger partial charge in [0, 0.05) is 23.3 Å². The van der Waals surface area contributed by atoms with Crippen LogP contribution in [0.3, 0.4) is 0 Å². The molecule has 0 fully saturated rings. The molecule has 0 aliphatic carbocycles. The van der Waals surface area contributed by atoms with Crippen molar-refractivity contribution in [3.63, 3.8) is 0 Å². The zero-order chi connectivity index (χ0) is 13.5. The second-order valence-corrected chi connectivity index (χ2v) is 5.39. The van der Waals surface area contributed by atoms with Crippen LogP contribution in [-0.2, 0) is 0 Å². The zero-order valence-corrected chi connectivity index (χ0v) is 12.6. The van der Waals surface area contributed by atoms with Crippen molar-refractivity contribution >= 4 is 0 Å². The van der Waals surface area contributed by atoms with Gasteiger partial charge in [-0.1, -0.05) is 48.0 Å². The average Bonchev–Trinajstić information content (AvgIpc) is 2.83. The Morgan fingerprint density at radius 1 is 0.810 bits per heavy atom. The standard InChI is InChI=1S/C19H16N.ClH/c1-14-9-11-15(12-10-14)19-17-7-3-2-6-16(17)18-8-4-5-13-20(18)19;/h2-13,19H,1H3;1H/q+1;/p-1. The fourth-order valence-electron chi connectivity index (χ4n) is 3.12. The van der Waals surface area contributed by atoms with Crippen LogP contribution in [0.25, 0.3) is 11.3 Å². The van der Waals surface area contributed by atoms with Crippen LogP contribution in [0, 0.1) is 6.92 Å². The Balaban J connectivity index is 0.00000132. The largest absolute Gasteiger partial charge is 1.00 e. The number of fused-ring (bicyclic) bond motifs is 3. The first-order chi connectivity index (χ1) is 9.84. The Morgan fingerprint density at radius 2 is 1.52 bits per heavy atom. The Labute approximate surface area is 131 Å². The van der Waals surface area contributed by atoms with Crippen LogP contribution < -0.4 is 17.0 Å². The summed E-state index contributed by atoms with van der Waals surface area (Å²) in [6.45, 7) is 2.13. The van der Waals surface area contributed by atoms with Gasteiger partial charge in [0.1, 0.15) is 0 Å². The SMILES string of the molecule is Cc1ccc(C2c3ccccc3-c3cccc[n+]32)cc1.[Cl-]. The van der Waals surface area contributed by atoms with Gasteiger partial charge in [0.2, 0.25) is 11.7 Å². The highest BCUT2D eigenvalue weighted by Gasteiger charge is 2.36. The second kappa shape index (κ2) is 5.34. The van der Waals surface area contributed by atoms with Crippen LogP contribution in [0.15, 0.2) is 72.9 Å². The summed E-state index contributed by atoms with van der Waals surface area (Å²) in [6.07, 6.45) is 2.18. The minimum atomic E-state index is 0. The molecule has 104 valence electrons. The number of aryl methyl sites for hydroxylation is 1. The minimum Gasteiger partial charge on any atom is -1.00 e. The molecule has 2 heterocycles. The summed E-state index contributed by atoms with van der Waals surface area (Å²) in [5, 5.41) is 0. The first-order valence-corrected chi connectivity index (χ1v) is 7.00. The molecule has 1 aliphatic heterocycles. The average molecular weight is 294 g/mol. The Kier molecular flexibility index (Phi) is 3.52. The molecule has 1 atom stereocenters. The quantitative estimate of drug-likeness (QED) is 0.459. The number of nitrogens with zero attached hydrogens (tertiary/aromatic N) is 1. The lowest BCUT2D eigenvalue weighted by Gasteiger charge is -2.09. The van der Waals surface area contributed by atoms with Crippen LogP contribution in [0.5, 0.6) is 0 Å². The van der Waals surface area contributed by atoms with Gasteiger partial charge >= 0.3 is 0 Å². The molecule has 1 nitrogen and oxygen atoms in total. The molecule has 0 amide bonds. The molecule has 21 heavy (non-hydrogen) atoms. The Bertz CT molecular complexity index is 732. The van der Waals surface area contributed by atoms with Crippen molar-refractivity contribution in [1.29, 1.82) is 0 Å². The number of benzene rings is 2. The van der Waals surface area contributed by atoms with E-state index in [-0.39, 0.29) is 12.4 Å². The lowest BCUT2D eigenvalue weighted by atomic mass is 9.97. The van der Waals surface area contributed by atoms with Crippen molar-refractivity contribution in [2.75, 3.05) is 0 Å². The molecule has 1 aliphatic rings. The number of pyridine rings is 1. The molecule has 2 aromatic carbocycles. The Morgan fingerprint density at radius 3 is 2.33 bits per heavy atom. The molecule has 0 saturated carbocycles. The van der Waals surface area contributed by atoms with E-state index in [0.29, 0.717) is 6.04 Å². The fraction of sp³-hybridized carbons (Fsp3) is 0.105. The molecule has 2 heteroatoms. The maximum absolute atomic E-state index is 2.37. The van der Waals surface area contributed by atoms with Gasteiger partial charge in [-0.2, -0.15) is 4.57 Å². The van der Waals surface area contributed by atoms with Crippen molar-refractivity contribution in [2.45, 2.75) is 13.0 Å². The van der Waals surface area contributed by atoms with Crippen molar-refractivity contribution in [3.05, 3.63) is 89.6 Å². The summed E-state index contributed by atoms with van der Waals surface area (Å²) in [7, 11) is 0. The van der Waals surface area contributed by atoms with E-state index in [1.165, 1.54) is 27.9 Å². The van der Waals surface area contributed by atoms with E-state index in [9.17, 15) is 0 Å². The molecule has 0 N–H and O–H groups in total. The maximum atomic E-state index is 2.37. The first-order valence-electron chi connectivity index (χ1n) is 7.00. The van der Waals surface area contributed by atoms with Crippen LogP contribution in [-0.4, -0.2) is 0 Å². The highest BCUT2D eigenvalue weighted by molar-refractivity contribution is 5.65. The van der Waals surface area contributed by atoms with Crippen molar-refractivity contribution < 1.29 is 17.0 Å². The summed E-state index contributed by atoms with van der Waals surface area (Å²) < 4.78 is 2.37. The highest BCUT2D eigenvalue weighted by atomic mass is 35.5. The van der Waals surface area contributed by atoms with Crippen LogP contribution in [0.4, 0.5) is 0 Å². The van der Waals surface area contributed by atoms with Gasteiger partial charge in [0.25, 0.3) is 0 Å². The predicted octanol–water partition coefficient (Wildman–Crippen LogP) is 0.905. The highest BCUT2D eigenvalue weighted by Crippen LogP contribution is 2.36. The molecule has 1 aromatic heterocycles.